The Balaban J connectivity index is 0.000000258. The average molecular weight is 977 g/mol. The maximum Gasteiger partial charge on any atom is 0.216 e. The number of rotatable bonds is 7. The molecule has 0 N–H and O–H groups in total. The third-order valence-electron chi connectivity index (χ3n) is 10.2. The Kier molecular flexibility index (Phi) is 8.82. The number of hydrogen-bond donors (Lipinski definition) is 0. The maximum absolute atomic E-state index is 9.36. The molecule has 0 bridgehead atoms. The number of nitrogens with zero attached hydrogens (tertiary/aromatic N) is 4. The first-order valence-corrected chi connectivity index (χ1v) is 22.7. The quantitative estimate of drug-likeness (QED) is 0.118. The summed E-state index contributed by atoms with van der Waals surface area (Å²) in [4.78, 5) is 13.8. The van der Waals surface area contributed by atoms with Crippen LogP contribution in [0.5, 0.6) is 0 Å². The van der Waals surface area contributed by atoms with Gasteiger partial charge in [-0.25, -0.2) is 4.98 Å². The molecule has 0 aliphatic carbocycles. The van der Waals surface area contributed by atoms with E-state index in [9.17, 15) is 2.74 Å². The molecule has 1 radical (unpaired) electrons. The molecular formula is C52H50IrN4OSi-2. The fraction of sp³-hybridized carbons (Fsp3) is 0.212. The van der Waals surface area contributed by atoms with E-state index in [-0.39, 0.29) is 49.2 Å². The standard InChI is InChI=1S/C37H32N3O.C15H18NSi.Ir/c1-22(2)30-20-26(25-12-7-6-8-13-25)21-31(23(3)4)34(30)40-33-17-10-9-16-32(33)39-36(40)29-15-11-14-27-28-19-18-24(5)38-37(28)41-35(27)29;1-12-5-7-13(8-6-12)15-10-9-14(11-16-15)17(2,3)4;/h6-14,16-23H,1-5H3;5-7,9-11H,1-4H3;/q2*-1;/i5D3,22D,23D;1D3,5D,6D;. The third-order valence-corrected chi connectivity index (χ3v) is 12.2. The number of furan rings is 1. The largest absolute Gasteiger partial charge is 0.486 e. The molecule has 7 heteroatoms. The van der Waals surface area contributed by atoms with Gasteiger partial charge in [0.25, 0.3) is 0 Å². The smallest absolute Gasteiger partial charge is 0.216 e. The molecule has 9 aromatic rings. The van der Waals surface area contributed by atoms with Crippen LogP contribution in [-0.2, 0) is 20.1 Å². The van der Waals surface area contributed by atoms with Gasteiger partial charge in [-0.05, 0) is 88.2 Å². The predicted molar refractivity (Wildman–Crippen MR) is 245 cm³/mol. The van der Waals surface area contributed by atoms with Crippen molar-refractivity contribution in [2.45, 2.75) is 72.8 Å². The summed E-state index contributed by atoms with van der Waals surface area (Å²) < 4.78 is 88.4. The van der Waals surface area contributed by atoms with Crippen LogP contribution < -0.4 is 5.19 Å². The number of hydrogen-bond acceptors (Lipinski definition) is 4. The number of aromatic nitrogens is 4. The molecule has 0 spiro atoms. The van der Waals surface area contributed by atoms with Crippen LogP contribution in [0.25, 0.3) is 72.6 Å². The van der Waals surface area contributed by atoms with Gasteiger partial charge in [-0.15, -0.1) is 53.5 Å². The van der Waals surface area contributed by atoms with Gasteiger partial charge in [0.15, 0.2) is 0 Å². The van der Waals surface area contributed by atoms with Crippen molar-refractivity contribution in [3.8, 4) is 39.5 Å². The van der Waals surface area contributed by atoms with E-state index in [1.54, 1.807) is 12.1 Å². The van der Waals surface area contributed by atoms with Gasteiger partial charge in [-0.1, -0.05) is 120 Å². The third kappa shape index (κ3) is 8.38. The number of aryl methyl sites for hydroxylation is 1. The van der Waals surface area contributed by atoms with Gasteiger partial charge in [0.2, 0.25) is 5.71 Å². The second kappa shape index (κ2) is 17.0. The molecule has 4 aromatic heterocycles. The Bertz CT molecular complexity index is 3290. The minimum Gasteiger partial charge on any atom is -0.486 e. The molecular weight excluding hydrogens is 917 g/mol. The molecule has 4 heterocycles. The van der Waals surface area contributed by atoms with Crippen molar-refractivity contribution in [2.24, 2.45) is 0 Å². The number of fused-ring (bicyclic) bond motifs is 4. The van der Waals surface area contributed by atoms with Crippen LogP contribution in [0.2, 0.25) is 19.6 Å². The van der Waals surface area contributed by atoms with Crippen molar-refractivity contribution in [1.82, 2.24) is 19.5 Å². The summed E-state index contributed by atoms with van der Waals surface area (Å²) in [5.41, 5.74) is 7.72. The van der Waals surface area contributed by atoms with Crippen molar-refractivity contribution in [3.63, 3.8) is 0 Å². The number of para-hydroxylation sites is 2. The van der Waals surface area contributed by atoms with Gasteiger partial charge in [-0.3, -0.25) is 4.98 Å². The Morgan fingerprint density at radius 3 is 2.19 bits per heavy atom. The summed E-state index contributed by atoms with van der Waals surface area (Å²) in [6, 6.07) is 39.8. The first-order chi connectivity index (χ1) is 31.7. The van der Waals surface area contributed by atoms with Crippen LogP contribution in [0.4, 0.5) is 0 Å². The monoisotopic (exact) mass is 977 g/mol. The molecule has 5 aromatic carbocycles. The first kappa shape index (κ1) is 30.6. The summed E-state index contributed by atoms with van der Waals surface area (Å²) in [5, 5.41) is 2.66. The Labute approximate surface area is 377 Å². The van der Waals surface area contributed by atoms with Crippen molar-refractivity contribution < 1.29 is 38.2 Å². The Hall–Kier alpha value is -5.46. The van der Waals surface area contributed by atoms with Gasteiger partial charge in [0, 0.05) is 56.8 Å². The zero-order valence-electron chi connectivity index (χ0n) is 44.0. The van der Waals surface area contributed by atoms with Crippen LogP contribution in [0, 0.1) is 25.8 Å². The zero-order chi connectivity index (χ0) is 49.3. The Morgan fingerprint density at radius 2 is 1.53 bits per heavy atom. The summed E-state index contributed by atoms with van der Waals surface area (Å²) in [7, 11) is -1.43. The molecule has 0 aliphatic heterocycles. The molecule has 0 fully saturated rings. The Morgan fingerprint density at radius 1 is 0.780 bits per heavy atom. The van der Waals surface area contributed by atoms with E-state index < -0.39 is 33.6 Å². The predicted octanol–water partition coefficient (Wildman–Crippen LogP) is 13.4. The van der Waals surface area contributed by atoms with E-state index in [0.717, 1.165) is 38.7 Å². The van der Waals surface area contributed by atoms with Gasteiger partial charge in [0.05, 0.1) is 30.5 Å². The minimum absolute atomic E-state index is 0. The molecule has 0 aliphatic rings. The van der Waals surface area contributed by atoms with E-state index >= 15 is 0 Å². The van der Waals surface area contributed by atoms with Crippen LogP contribution in [0.3, 0.4) is 0 Å². The average Bonchev–Trinajstić information content (AvgIpc) is 3.83. The second-order valence-corrected chi connectivity index (χ2v) is 20.9. The normalized spacial score (nSPS) is 14.9. The number of imidazole rings is 1. The molecule has 59 heavy (non-hydrogen) atoms. The van der Waals surface area contributed by atoms with Crippen LogP contribution in [0.15, 0.2) is 132 Å². The van der Waals surface area contributed by atoms with Crippen LogP contribution >= 0.6 is 0 Å². The van der Waals surface area contributed by atoms with E-state index in [1.165, 1.54) is 17.3 Å². The topological polar surface area (TPSA) is 56.7 Å². The van der Waals surface area contributed by atoms with Gasteiger partial charge in [-0.2, -0.15) is 0 Å². The fourth-order valence-electron chi connectivity index (χ4n) is 7.12. The minimum atomic E-state index is -2.47. The number of benzene rings is 5. The summed E-state index contributed by atoms with van der Waals surface area (Å²) in [6.45, 7) is 9.28. The second-order valence-electron chi connectivity index (χ2n) is 15.8. The van der Waals surface area contributed by atoms with Crippen molar-refractivity contribution >= 4 is 46.4 Å². The summed E-state index contributed by atoms with van der Waals surface area (Å²) >= 11 is 0. The van der Waals surface area contributed by atoms with Gasteiger partial charge < -0.3 is 14.0 Å². The SMILES string of the molecule is [2H]C([2H])([2H])c1ccc2c(n1)oc1c(-c3nc4ccccc4n3-c3c(C([2H])(C)C)cc(-c4ccccc4)cc3C([2H])(C)C)[c-]ccc12.[2H]c1[c-]c(-c2ccc([Si](C)(C)C)cn2)cc([2H])c1C([2H])([2H])[2H].[Ir]. The van der Waals surface area contributed by atoms with Crippen molar-refractivity contribution in [2.75, 3.05) is 0 Å². The first-order valence-electron chi connectivity index (χ1n) is 24.2. The van der Waals surface area contributed by atoms with Gasteiger partial charge >= 0.3 is 0 Å². The molecule has 0 unspecified atom stereocenters. The molecule has 5 nitrogen and oxygen atoms in total. The molecule has 299 valence electrons. The van der Waals surface area contributed by atoms with Gasteiger partial charge in [0.1, 0.15) is 0 Å². The summed E-state index contributed by atoms with van der Waals surface area (Å²) in [6.07, 6.45) is 1.82. The van der Waals surface area contributed by atoms with E-state index in [0.29, 0.717) is 39.3 Å². The zero-order valence-corrected chi connectivity index (χ0v) is 37.4. The molecule has 0 amide bonds. The van der Waals surface area contributed by atoms with Crippen molar-refractivity contribution in [3.05, 3.63) is 162 Å². The van der Waals surface area contributed by atoms with Crippen LogP contribution in [-0.4, -0.2) is 27.6 Å². The maximum atomic E-state index is 9.36. The molecule has 0 saturated heterocycles. The van der Waals surface area contributed by atoms with E-state index in [1.807, 2.05) is 111 Å². The summed E-state index contributed by atoms with van der Waals surface area (Å²) in [5.74, 6) is -1.56. The number of pyridine rings is 2. The van der Waals surface area contributed by atoms with E-state index in [2.05, 4.69) is 53.9 Å². The van der Waals surface area contributed by atoms with Crippen molar-refractivity contribution in [1.29, 1.82) is 0 Å². The fourth-order valence-corrected chi connectivity index (χ4v) is 8.16. The molecule has 0 atom stereocenters. The molecule has 0 saturated carbocycles. The molecule has 9 rings (SSSR count). The van der Waals surface area contributed by atoms with Crippen LogP contribution in [0.1, 0.15) is 75.6 Å². The van der Waals surface area contributed by atoms with E-state index in [4.69, 9.17) is 20.4 Å².